The van der Waals surface area contributed by atoms with E-state index in [1.165, 1.54) is 6.07 Å². The van der Waals surface area contributed by atoms with Gasteiger partial charge in [-0.2, -0.15) is 0 Å². The maximum Gasteiger partial charge on any atom is 0.310 e. The lowest BCUT2D eigenvalue weighted by molar-refractivity contribution is -0.385. The molecule has 0 radical (unpaired) electrons. The summed E-state index contributed by atoms with van der Waals surface area (Å²) in [5.41, 5.74) is 0.823. The first-order valence-electron chi connectivity index (χ1n) is 5.77. The smallest absolute Gasteiger partial charge is 0.310 e. The molecule has 0 saturated heterocycles. The number of hydrogen-bond donors (Lipinski definition) is 1. The van der Waals surface area contributed by atoms with Gasteiger partial charge in [0.1, 0.15) is 6.61 Å². The van der Waals surface area contributed by atoms with E-state index in [0.717, 1.165) is 5.57 Å². The molecule has 0 saturated carbocycles. The van der Waals surface area contributed by atoms with Crippen LogP contribution in [-0.2, 0) is 0 Å². The van der Waals surface area contributed by atoms with Gasteiger partial charge in [0.05, 0.1) is 4.92 Å². The van der Waals surface area contributed by atoms with Crippen LogP contribution in [0.1, 0.15) is 13.8 Å². The van der Waals surface area contributed by atoms with Crippen molar-refractivity contribution in [2.75, 3.05) is 13.2 Å². The van der Waals surface area contributed by atoms with Gasteiger partial charge in [-0.15, -0.1) is 0 Å². The number of nitro benzene ring substituents is 1. The van der Waals surface area contributed by atoms with E-state index >= 15 is 0 Å². The first kappa shape index (κ1) is 14.2. The first-order chi connectivity index (χ1) is 8.50. The summed E-state index contributed by atoms with van der Waals surface area (Å²) in [5.74, 6) is 0.271. The fourth-order valence-corrected chi connectivity index (χ4v) is 1.31. The summed E-state index contributed by atoms with van der Waals surface area (Å²) < 4.78 is 5.41. The predicted octanol–water partition coefficient (Wildman–Crippen LogP) is 2.53. The number of nitrogens with zero attached hydrogens (tertiary/aromatic N) is 1. The lowest BCUT2D eigenvalue weighted by atomic mass is 10.2. The molecular formula is C13H18N2O3. The maximum atomic E-state index is 10.8. The van der Waals surface area contributed by atoms with Crippen LogP contribution in [-0.4, -0.2) is 24.1 Å². The van der Waals surface area contributed by atoms with Gasteiger partial charge in [0.2, 0.25) is 0 Å². The number of benzene rings is 1. The second kappa shape index (κ2) is 6.76. The third kappa shape index (κ3) is 4.55. The standard InChI is InChI=1S/C13H18N2O3/c1-10(2)14-8-11(3)9-18-13-7-5-4-6-12(13)15(16)17/h4-7,10,14H,3,8-9H2,1-2H3. The number of para-hydroxylation sites is 2. The third-order valence-corrected chi connectivity index (χ3v) is 2.25. The van der Waals surface area contributed by atoms with Gasteiger partial charge in [0, 0.05) is 18.7 Å². The Hall–Kier alpha value is -1.88. The Morgan fingerprint density at radius 3 is 2.78 bits per heavy atom. The summed E-state index contributed by atoms with van der Waals surface area (Å²) in [7, 11) is 0. The van der Waals surface area contributed by atoms with Crippen molar-refractivity contribution in [3.05, 3.63) is 46.5 Å². The Labute approximate surface area is 107 Å². The largest absolute Gasteiger partial charge is 0.482 e. The van der Waals surface area contributed by atoms with Crippen molar-refractivity contribution in [3.63, 3.8) is 0 Å². The highest BCUT2D eigenvalue weighted by Crippen LogP contribution is 2.25. The van der Waals surface area contributed by atoms with Crippen LogP contribution in [0.2, 0.25) is 0 Å². The molecule has 0 aliphatic heterocycles. The molecular weight excluding hydrogens is 232 g/mol. The molecule has 0 fully saturated rings. The van der Waals surface area contributed by atoms with E-state index in [4.69, 9.17) is 4.74 Å². The molecule has 5 heteroatoms. The van der Waals surface area contributed by atoms with E-state index in [9.17, 15) is 10.1 Å². The topological polar surface area (TPSA) is 64.4 Å². The summed E-state index contributed by atoms with van der Waals surface area (Å²) in [6.07, 6.45) is 0. The molecule has 1 rings (SSSR count). The monoisotopic (exact) mass is 250 g/mol. The number of nitro groups is 1. The summed E-state index contributed by atoms with van der Waals surface area (Å²) in [5, 5.41) is 14.0. The van der Waals surface area contributed by atoms with Crippen LogP contribution in [0.3, 0.4) is 0 Å². The second-order valence-corrected chi connectivity index (χ2v) is 4.30. The van der Waals surface area contributed by atoms with Crippen LogP contribution in [0.5, 0.6) is 5.75 Å². The predicted molar refractivity (Wildman–Crippen MR) is 70.9 cm³/mol. The van der Waals surface area contributed by atoms with Gasteiger partial charge < -0.3 is 10.1 Å². The molecule has 0 aromatic heterocycles. The molecule has 1 aromatic carbocycles. The Balaban J connectivity index is 2.53. The van der Waals surface area contributed by atoms with Gasteiger partial charge in [0.15, 0.2) is 5.75 Å². The van der Waals surface area contributed by atoms with Gasteiger partial charge in [0.25, 0.3) is 0 Å². The van der Waals surface area contributed by atoms with Gasteiger partial charge in [-0.1, -0.05) is 32.6 Å². The summed E-state index contributed by atoms with van der Waals surface area (Å²) in [4.78, 5) is 10.3. The molecule has 0 atom stereocenters. The lowest BCUT2D eigenvalue weighted by Gasteiger charge is -2.11. The van der Waals surface area contributed by atoms with Crippen LogP contribution in [0, 0.1) is 10.1 Å². The molecule has 0 bridgehead atoms. The maximum absolute atomic E-state index is 10.8. The Bertz CT molecular complexity index is 430. The molecule has 1 N–H and O–H groups in total. The second-order valence-electron chi connectivity index (χ2n) is 4.30. The molecule has 98 valence electrons. The van der Waals surface area contributed by atoms with E-state index < -0.39 is 4.92 Å². The molecule has 18 heavy (non-hydrogen) atoms. The minimum absolute atomic E-state index is 0.0258. The quantitative estimate of drug-likeness (QED) is 0.459. The highest BCUT2D eigenvalue weighted by molar-refractivity contribution is 5.45. The van der Waals surface area contributed by atoms with Gasteiger partial charge in [-0.3, -0.25) is 10.1 Å². The van der Waals surface area contributed by atoms with Crippen LogP contribution < -0.4 is 10.1 Å². The molecule has 0 spiro atoms. The van der Waals surface area contributed by atoms with E-state index in [1.54, 1.807) is 18.2 Å². The Kier molecular flexibility index (Phi) is 5.32. The molecule has 0 unspecified atom stereocenters. The van der Waals surface area contributed by atoms with E-state index in [0.29, 0.717) is 12.6 Å². The van der Waals surface area contributed by atoms with Crippen LogP contribution in [0.15, 0.2) is 36.4 Å². The van der Waals surface area contributed by atoms with E-state index in [-0.39, 0.29) is 18.0 Å². The minimum Gasteiger partial charge on any atom is -0.482 e. The van der Waals surface area contributed by atoms with Gasteiger partial charge in [-0.05, 0) is 11.6 Å². The van der Waals surface area contributed by atoms with Crippen molar-refractivity contribution in [2.24, 2.45) is 0 Å². The van der Waals surface area contributed by atoms with Gasteiger partial charge in [-0.25, -0.2) is 0 Å². The SMILES string of the molecule is C=C(CNC(C)C)COc1ccccc1[N+](=O)[O-]. The normalized spacial score (nSPS) is 10.4. The molecule has 0 aliphatic carbocycles. The fraction of sp³-hybridized carbons (Fsp3) is 0.385. The first-order valence-corrected chi connectivity index (χ1v) is 5.77. The zero-order chi connectivity index (χ0) is 13.5. The van der Waals surface area contributed by atoms with Crippen LogP contribution in [0.25, 0.3) is 0 Å². The number of rotatable bonds is 7. The average molecular weight is 250 g/mol. The van der Waals surface area contributed by atoms with Crippen LogP contribution in [0.4, 0.5) is 5.69 Å². The minimum atomic E-state index is -0.454. The molecule has 0 amide bonds. The summed E-state index contributed by atoms with van der Waals surface area (Å²) in [6, 6.07) is 6.69. The third-order valence-electron chi connectivity index (χ3n) is 2.25. The summed E-state index contributed by atoms with van der Waals surface area (Å²) in [6.45, 7) is 8.84. The van der Waals surface area contributed by atoms with Crippen LogP contribution >= 0.6 is 0 Å². The molecule has 0 aliphatic rings. The fourth-order valence-electron chi connectivity index (χ4n) is 1.31. The van der Waals surface area contributed by atoms with Crippen molar-refractivity contribution < 1.29 is 9.66 Å². The van der Waals surface area contributed by atoms with E-state index in [1.807, 2.05) is 13.8 Å². The number of nitrogens with one attached hydrogen (secondary N) is 1. The molecule has 1 aromatic rings. The van der Waals surface area contributed by atoms with Gasteiger partial charge >= 0.3 is 5.69 Å². The van der Waals surface area contributed by atoms with Crippen molar-refractivity contribution in [1.82, 2.24) is 5.32 Å². The Morgan fingerprint density at radius 1 is 1.50 bits per heavy atom. The Morgan fingerprint density at radius 2 is 2.17 bits per heavy atom. The highest BCUT2D eigenvalue weighted by Gasteiger charge is 2.13. The van der Waals surface area contributed by atoms with E-state index in [2.05, 4.69) is 11.9 Å². The molecule has 5 nitrogen and oxygen atoms in total. The lowest BCUT2D eigenvalue weighted by Crippen LogP contribution is -2.26. The zero-order valence-electron chi connectivity index (χ0n) is 10.7. The average Bonchev–Trinajstić information content (AvgIpc) is 2.34. The summed E-state index contributed by atoms with van der Waals surface area (Å²) >= 11 is 0. The highest BCUT2D eigenvalue weighted by atomic mass is 16.6. The van der Waals surface area contributed by atoms with Crippen molar-refractivity contribution in [2.45, 2.75) is 19.9 Å². The zero-order valence-corrected chi connectivity index (χ0v) is 10.7. The van der Waals surface area contributed by atoms with Crippen molar-refractivity contribution in [3.8, 4) is 5.75 Å². The number of hydrogen-bond acceptors (Lipinski definition) is 4. The van der Waals surface area contributed by atoms with Crippen molar-refractivity contribution >= 4 is 5.69 Å². The van der Waals surface area contributed by atoms with Crippen molar-refractivity contribution in [1.29, 1.82) is 0 Å². The number of ether oxygens (including phenoxy) is 1. The molecule has 0 heterocycles.